The molecule has 33 heavy (non-hydrogen) atoms. The Labute approximate surface area is 204 Å². The average molecular weight is 507 g/mol. The first-order valence-corrected chi connectivity index (χ1v) is 13.4. The van der Waals surface area contributed by atoms with E-state index in [1.807, 2.05) is 48.5 Å². The van der Waals surface area contributed by atoms with Crippen molar-refractivity contribution >= 4 is 33.0 Å². The topological polar surface area (TPSA) is 59.1 Å². The summed E-state index contributed by atoms with van der Waals surface area (Å²) in [6.45, 7) is 3.33. The van der Waals surface area contributed by atoms with Crippen LogP contribution in [0.5, 0.6) is 5.75 Å². The highest BCUT2D eigenvalue weighted by Crippen LogP contribution is 2.26. The molecular weight excluding hydrogens is 480 g/mol. The van der Waals surface area contributed by atoms with Crippen LogP contribution in [0.1, 0.15) is 17.2 Å². The lowest BCUT2D eigenvalue weighted by Gasteiger charge is -2.35. The number of piperazine rings is 1. The summed E-state index contributed by atoms with van der Waals surface area (Å²) in [5.41, 5.74) is 2.07. The fourth-order valence-corrected chi connectivity index (χ4v) is 6.51. The monoisotopic (exact) mass is 506 g/mol. The van der Waals surface area contributed by atoms with Crippen LogP contribution in [0.2, 0.25) is 5.02 Å². The van der Waals surface area contributed by atoms with Crippen LogP contribution in [0.25, 0.3) is 0 Å². The lowest BCUT2D eigenvalue weighted by Crippen LogP contribution is -2.49. The molecule has 0 amide bonds. The van der Waals surface area contributed by atoms with E-state index in [4.69, 9.17) is 21.1 Å². The predicted molar refractivity (Wildman–Crippen MR) is 131 cm³/mol. The third kappa shape index (κ3) is 6.15. The van der Waals surface area contributed by atoms with Crippen LogP contribution in [-0.2, 0) is 21.4 Å². The van der Waals surface area contributed by atoms with Gasteiger partial charge in [-0.2, -0.15) is 4.31 Å². The van der Waals surface area contributed by atoms with Crippen molar-refractivity contribution < 1.29 is 17.9 Å². The number of hydrogen-bond acceptors (Lipinski definition) is 6. The third-order valence-electron chi connectivity index (χ3n) is 5.67. The Balaban J connectivity index is 1.41. The second-order valence-electron chi connectivity index (χ2n) is 7.84. The fourth-order valence-electron chi connectivity index (χ4n) is 3.82. The van der Waals surface area contributed by atoms with Gasteiger partial charge >= 0.3 is 0 Å². The molecule has 2 aromatic carbocycles. The van der Waals surface area contributed by atoms with Crippen molar-refractivity contribution in [3.63, 3.8) is 0 Å². The molecule has 0 N–H and O–H groups in total. The summed E-state index contributed by atoms with van der Waals surface area (Å²) in [6.07, 6.45) is -0.172. The maximum Gasteiger partial charge on any atom is 0.252 e. The largest absolute Gasteiger partial charge is 0.497 e. The van der Waals surface area contributed by atoms with Crippen LogP contribution in [0.4, 0.5) is 0 Å². The van der Waals surface area contributed by atoms with E-state index in [1.54, 1.807) is 28.9 Å². The van der Waals surface area contributed by atoms with E-state index in [-0.39, 0.29) is 6.10 Å². The van der Waals surface area contributed by atoms with Gasteiger partial charge in [0.25, 0.3) is 10.0 Å². The average Bonchev–Trinajstić information content (AvgIpc) is 3.39. The van der Waals surface area contributed by atoms with Gasteiger partial charge in [0.1, 0.15) is 9.96 Å². The highest BCUT2D eigenvalue weighted by molar-refractivity contribution is 7.91. The van der Waals surface area contributed by atoms with Crippen molar-refractivity contribution in [1.29, 1.82) is 0 Å². The zero-order valence-electron chi connectivity index (χ0n) is 18.4. The molecule has 1 atom stereocenters. The molecule has 9 heteroatoms. The molecule has 1 aromatic heterocycles. The molecule has 0 spiro atoms. The summed E-state index contributed by atoms with van der Waals surface area (Å²) in [4.78, 5) is 2.26. The molecular formula is C24H27ClN2O4S2. The van der Waals surface area contributed by atoms with Gasteiger partial charge in [-0.15, -0.1) is 11.3 Å². The van der Waals surface area contributed by atoms with Crippen LogP contribution in [-0.4, -0.2) is 57.5 Å². The van der Waals surface area contributed by atoms with Gasteiger partial charge in [-0.1, -0.05) is 41.9 Å². The zero-order chi connectivity index (χ0) is 23.3. The lowest BCUT2D eigenvalue weighted by molar-refractivity contribution is 0.00768. The summed E-state index contributed by atoms with van der Waals surface area (Å²) in [7, 11) is -1.77. The number of halogens is 1. The first kappa shape index (κ1) is 24.2. The van der Waals surface area contributed by atoms with Crippen molar-refractivity contribution in [3.05, 3.63) is 82.2 Å². The van der Waals surface area contributed by atoms with Gasteiger partial charge in [0.15, 0.2) is 0 Å². The van der Waals surface area contributed by atoms with E-state index in [2.05, 4.69) is 4.90 Å². The van der Waals surface area contributed by atoms with Crippen molar-refractivity contribution in [2.24, 2.45) is 0 Å². The molecule has 0 saturated carbocycles. The Morgan fingerprint density at radius 1 is 1.03 bits per heavy atom. The summed E-state index contributed by atoms with van der Waals surface area (Å²) >= 11 is 7.35. The van der Waals surface area contributed by atoms with Gasteiger partial charge in [0, 0.05) is 37.7 Å². The first-order valence-electron chi connectivity index (χ1n) is 10.7. The Bertz CT molecular complexity index is 1130. The van der Waals surface area contributed by atoms with E-state index in [0.29, 0.717) is 48.6 Å². The maximum atomic E-state index is 12.8. The number of ether oxygens (including phenoxy) is 2. The quantitative estimate of drug-likeness (QED) is 0.422. The van der Waals surface area contributed by atoms with Crippen LogP contribution in [0.3, 0.4) is 0 Å². The van der Waals surface area contributed by atoms with Crippen LogP contribution < -0.4 is 4.74 Å². The summed E-state index contributed by atoms with van der Waals surface area (Å²) < 4.78 is 39.3. The number of sulfonamides is 1. The van der Waals surface area contributed by atoms with Gasteiger partial charge in [-0.25, -0.2) is 8.42 Å². The van der Waals surface area contributed by atoms with Gasteiger partial charge in [0.2, 0.25) is 0 Å². The van der Waals surface area contributed by atoms with Gasteiger partial charge in [0.05, 0.1) is 19.8 Å². The van der Waals surface area contributed by atoms with Crippen molar-refractivity contribution in [3.8, 4) is 5.75 Å². The van der Waals surface area contributed by atoms with Crippen LogP contribution in [0, 0.1) is 0 Å². The van der Waals surface area contributed by atoms with E-state index in [1.165, 1.54) is 11.3 Å². The SMILES string of the molecule is COc1cccc(CO[C@@H](CN2CCN(S(=O)(=O)c3cccs3)CC2)c2ccc(Cl)cc2)c1. The van der Waals surface area contributed by atoms with Crippen LogP contribution >= 0.6 is 22.9 Å². The lowest BCUT2D eigenvalue weighted by atomic mass is 10.1. The van der Waals surface area contributed by atoms with Gasteiger partial charge in [-0.05, 0) is 46.8 Å². The Morgan fingerprint density at radius 3 is 2.45 bits per heavy atom. The molecule has 6 nitrogen and oxygen atoms in total. The number of methoxy groups -OCH3 is 1. The number of benzene rings is 2. The Morgan fingerprint density at radius 2 is 1.79 bits per heavy atom. The molecule has 4 rings (SSSR count). The second kappa shape index (κ2) is 11.0. The van der Waals surface area contributed by atoms with Gasteiger partial charge < -0.3 is 9.47 Å². The molecule has 176 valence electrons. The molecule has 0 unspecified atom stereocenters. The number of hydrogen-bond donors (Lipinski definition) is 0. The summed E-state index contributed by atoms with van der Waals surface area (Å²) in [5, 5.41) is 2.47. The molecule has 2 heterocycles. The van der Waals surface area contributed by atoms with Crippen molar-refractivity contribution in [2.75, 3.05) is 39.8 Å². The molecule has 0 bridgehead atoms. The Kier molecular flexibility index (Phi) is 8.06. The molecule has 3 aromatic rings. The standard InChI is InChI=1S/C24H27ClN2O4S2/c1-30-22-5-2-4-19(16-22)18-31-23(20-7-9-21(25)10-8-20)17-26-11-13-27(14-12-26)33(28,29)24-6-3-15-32-24/h2-10,15-16,23H,11-14,17-18H2,1H3/t23-/m0/s1. The Hall–Kier alpha value is -1.94. The highest BCUT2D eigenvalue weighted by Gasteiger charge is 2.30. The predicted octanol–water partition coefficient (Wildman–Crippen LogP) is 4.67. The van der Waals surface area contributed by atoms with E-state index in [0.717, 1.165) is 16.9 Å². The number of nitrogens with zero attached hydrogens (tertiary/aromatic N) is 2. The van der Waals surface area contributed by atoms with E-state index < -0.39 is 10.0 Å². The van der Waals surface area contributed by atoms with Crippen molar-refractivity contribution in [2.45, 2.75) is 16.9 Å². The normalized spacial score (nSPS) is 16.5. The van der Waals surface area contributed by atoms with Gasteiger partial charge in [-0.3, -0.25) is 4.90 Å². The molecule has 1 aliphatic rings. The zero-order valence-corrected chi connectivity index (χ0v) is 20.8. The minimum absolute atomic E-state index is 0.172. The maximum absolute atomic E-state index is 12.8. The molecule has 0 aliphatic carbocycles. The van der Waals surface area contributed by atoms with E-state index in [9.17, 15) is 8.42 Å². The summed E-state index contributed by atoms with van der Waals surface area (Å²) in [6, 6.07) is 19.0. The number of rotatable bonds is 9. The third-order valence-corrected chi connectivity index (χ3v) is 9.20. The van der Waals surface area contributed by atoms with E-state index >= 15 is 0 Å². The first-order chi connectivity index (χ1) is 16.0. The minimum atomic E-state index is -3.41. The minimum Gasteiger partial charge on any atom is -0.497 e. The smallest absolute Gasteiger partial charge is 0.252 e. The highest BCUT2D eigenvalue weighted by atomic mass is 35.5. The summed E-state index contributed by atoms with van der Waals surface area (Å²) in [5.74, 6) is 0.794. The molecule has 0 radical (unpaired) electrons. The second-order valence-corrected chi connectivity index (χ2v) is 11.4. The molecule has 1 fully saturated rings. The molecule has 1 aliphatic heterocycles. The van der Waals surface area contributed by atoms with Crippen molar-refractivity contribution in [1.82, 2.24) is 9.21 Å². The molecule has 1 saturated heterocycles. The number of thiophene rings is 1. The van der Waals surface area contributed by atoms with Crippen LogP contribution in [0.15, 0.2) is 70.3 Å². The fraction of sp³-hybridized carbons (Fsp3) is 0.333.